The normalized spacial score (nSPS) is 23.9. The highest BCUT2D eigenvalue weighted by atomic mass is 31.0. The molecule has 0 saturated carbocycles. The van der Waals surface area contributed by atoms with E-state index in [2.05, 4.69) is 20.6 Å². The second kappa shape index (κ2) is 2.61. The lowest BCUT2D eigenvalue weighted by Gasteiger charge is -2.22. The first-order chi connectivity index (χ1) is 3.79. The Morgan fingerprint density at radius 1 is 1.38 bits per heavy atom. The van der Waals surface area contributed by atoms with Crippen molar-refractivity contribution in [1.29, 1.82) is 0 Å². The Bertz CT molecular complexity index is 90.7. The topological polar surface area (TPSA) is 3.24 Å². The van der Waals surface area contributed by atoms with Gasteiger partial charge in [-0.3, -0.25) is 4.67 Å². The van der Waals surface area contributed by atoms with Gasteiger partial charge in [0.25, 0.3) is 0 Å². The van der Waals surface area contributed by atoms with Crippen molar-refractivity contribution in [3.05, 3.63) is 12.2 Å². The fraction of sp³-hybridized carbons (Fsp3) is 0.667. The van der Waals surface area contributed by atoms with Crippen LogP contribution in [0, 0.1) is 0 Å². The average Bonchev–Trinajstić information content (AvgIpc) is 1.77. The molecule has 1 atom stereocenters. The summed E-state index contributed by atoms with van der Waals surface area (Å²) in [5.41, 5.74) is 1.41. The predicted molar refractivity (Wildman–Crippen MR) is 39.7 cm³/mol. The molecule has 0 aliphatic carbocycles. The van der Waals surface area contributed by atoms with E-state index in [0.29, 0.717) is 0 Å². The molecular formula is C6H12NP. The summed E-state index contributed by atoms with van der Waals surface area (Å²) in [5, 5.41) is 0. The molecule has 0 spiro atoms. The van der Waals surface area contributed by atoms with Crippen LogP contribution in [-0.4, -0.2) is 17.8 Å². The van der Waals surface area contributed by atoms with Crippen LogP contribution >= 0.6 is 9.39 Å². The van der Waals surface area contributed by atoms with Gasteiger partial charge in [0.15, 0.2) is 0 Å². The van der Waals surface area contributed by atoms with Gasteiger partial charge in [0.2, 0.25) is 0 Å². The van der Waals surface area contributed by atoms with Crippen LogP contribution in [0.2, 0.25) is 0 Å². The third-order valence-electron chi connectivity index (χ3n) is 1.51. The summed E-state index contributed by atoms with van der Waals surface area (Å²) in [6.07, 6.45) is 2.37. The van der Waals surface area contributed by atoms with Crippen molar-refractivity contribution in [1.82, 2.24) is 4.67 Å². The van der Waals surface area contributed by atoms with Crippen LogP contribution < -0.4 is 0 Å². The molecule has 0 aromatic heterocycles. The summed E-state index contributed by atoms with van der Waals surface area (Å²) in [4.78, 5) is 0. The van der Waals surface area contributed by atoms with E-state index in [9.17, 15) is 0 Å². The number of rotatable bonds is 0. The van der Waals surface area contributed by atoms with Gasteiger partial charge >= 0.3 is 0 Å². The SMILES string of the molecule is C=C1CCN(P)CC1. The molecule has 0 bridgehead atoms. The summed E-state index contributed by atoms with van der Waals surface area (Å²) in [7, 11) is 2.71. The maximum atomic E-state index is 3.91. The minimum absolute atomic E-state index is 1.17. The Morgan fingerprint density at radius 2 is 1.88 bits per heavy atom. The first-order valence-electron chi connectivity index (χ1n) is 2.95. The minimum Gasteiger partial charge on any atom is -0.287 e. The van der Waals surface area contributed by atoms with Crippen LogP contribution in [0.5, 0.6) is 0 Å². The zero-order valence-electron chi connectivity index (χ0n) is 5.06. The van der Waals surface area contributed by atoms with E-state index in [0.717, 1.165) is 0 Å². The molecule has 0 radical (unpaired) electrons. The van der Waals surface area contributed by atoms with Crippen LogP contribution in [0.3, 0.4) is 0 Å². The monoisotopic (exact) mass is 129 g/mol. The predicted octanol–water partition coefficient (Wildman–Crippen LogP) is 1.43. The summed E-state index contributed by atoms with van der Waals surface area (Å²) >= 11 is 0. The van der Waals surface area contributed by atoms with E-state index in [-0.39, 0.29) is 0 Å². The zero-order valence-corrected chi connectivity index (χ0v) is 6.21. The number of hydrogen-bond acceptors (Lipinski definition) is 1. The van der Waals surface area contributed by atoms with E-state index < -0.39 is 0 Å². The molecule has 1 fully saturated rings. The van der Waals surface area contributed by atoms with Crippen molar-refractivity contribution in [3.63, 3.8) is 0 Å². The second-order valence-electron chi connectivity index (χ2n) is 2.29. The van der Waals surface area contributed by atoms with E-state index in [1.807, 2.05) is 0 Å². The van der Waals surface area contributed by atoms with Crippen LogP contribution in [0.25, 0.3) is 0 Å². The third kappa shape index (κ3) is 1.57. The molecule has 1 aliphatic rings. The Balaban J connectivity index is 2.29. The molecule has 1 rings (SSSR count). The lowest BCUT2D eigenvalue weighted by atomic mass is 10.1. The summed E-state index contributed by atoms with van der Waals surface area (Å²) < 4.78 is 2.26. The van der Waals surface area contributed by atoms with E-state index in [1.165, 1.54) is 31.5 Å². The molecule has 46 valence electrons. The van der Waals surface area contributed by atoms with E-state index >= 15 is 0 Å². The van der Waals surface area contributed by atoms with E-state index in [4.69, 9.17) is 0 Å². The fourth-order valence-corrected chi connectivity index (χ4v) is 1.10. The third-order valence-corrected chi connectivity index (χ3v) is 2.02. The molecule has 2 heteroatoms. The fourth-order valence-electron chi connectivity index (χ4n) is 0.840. The van der Waals surface area contributed by atoms with Gasteiger partial charge in [-0.05, 0) is 12.8 Å². The van der Waals surface area contributed by atoms with Crippen LogP contribution in [0.15, 0.2) is 12.2 Å². The maximum absolute atomic E-state index is 3.91. The van der Waals surface area contributed by atoms with Crippen LogP contribution in [0.4, 0.5) is 0 Å². The van der Waals surface area contributed by atoms with Gasteiger partial charge < -0.3 is 0 Å². The molecule has 1 heterocycles. The van der Waals surface area contributed by atoms with Crippen molar-refractivity contribution >= 4 is 9.39 Å². The summed E-state index contributed by atoms with van der Waals surface area (Å²) in [6, 6.07) is 0. The lowest BCUT2D eigenvalue weighted by molar-refractivity contribution is 0.434. The molecule has 0 aromatic carbocycles. The average molecular weight is 129 g/mol. The Morgan fingerprint density at radius 3 is 2.25 bits per heavy atom. The Hall–Kier alpha value is 0.130. The van der Waals surface area contributed by atoms with Crippen molar-refractivity contribution in [2.24, 2.45) is 0 Å². The number of nitrogens with zero attached hydrogens (tertiary/aromatic N) is 1. The van der Waals surface area contributed by atoms with Gasteiger partial charge in [-0.1, -0.05) is 21.5 Å². The van der Waals surface area contributed by atoms with E-state index in [1.54, 1.807) is 0 Å². The van der Waals surface area contributed by atoms with Gasteiger partial charge in [0.05, 0.1) is 0 Å². The molecule has 0 aromatic rings. The summed E-state index contributed by atoms with van der Waals surface area (Å²) in [6.45, 7) is 6.25. The quantitative estimate of drug-likeness (QED) is 0.353. The molecule has 8 heavy (non-hydrogen) atoms. The minimum atomic E-state index is 1.17. The molecule has 1 saturated heterocycles. The van der Waals surface area contributed by atoms with Crippen molar-refractivity contribution < 1.29 is 0 Å². The Labute approximate surface area is 53.0 Å². The largest absolute Gasteiger partial charge is 0.287 e. The lowest BCUT2D eigenvalue weighted by Crippen LogP contribution is -2.20. The molecule has 0 N–H and O–H groups in total. The van der Waals surface area contributed by atoms with Gasteiger partial charge in [0.1, 0.15) is 0 Å². The van der Waals surface area contributed by atoms with Gasteiger partial charge in [0, 0.05) is 13.1 Å². The zero-order chi connectivity index (χ0) is 5.98. The van der Waals surface area contributed by atoms with Gasteiger partial charge in [-0.2, -0.15) is 0 Å². The van der Waals surface area contributed by atoms with Crippen molar-refractivity contribution in [2.45, 2.75) is 12.8 Å². The molecule has 1 nitrogen and oxygen atoms in total. The van der Waals surface area contributed by atoms with Crippen molar-refractivity contribution in [3.8, 4) is 0 Å². The first kappa shape index (κ1) is 6.25. The second-order valence-corrected chi connectivity index (χ2v) is 3.02. The van der Waals surface area contributed by atoms with Gasteiger partial charge in [-0.15, -0.1) is 0 Å². The molecule has 0 amide bonds. The Kier molecular flexibility index (Phi) is 2.04. The number of hydrogen-bond donors (Lipinski definition) is 0. The molecule has 1 aliphatic heterocycles. The smallest absolute Gasteiger partial charge is 0.00535 e. The number of piperidine rings is 1. The highest BCUT2D eigenvalue weighted by Crippen LogP contribution is 2.15. The highest BCUT2D eigenvalue weighted by molar-refractivity contribution is 7.13. The van der Waals surface area contributed by atoms with Crippen LogP contribution in [0.1, 0.15) is 12.8 Å². The highest BCUT2D eigenvalue weighted by Gasteiger charge is 2.06. The molecular weight excluding hydrogens is 117 g/mol. The summed E-state index contributed by atoms with van der Waals surface area (Å²) in [5.74, 6) is 0. The first-order valence-corrected chi connectivity index (χ1v) is 3.47. The molecule has 1 unspecified atom stereocenters. The standard InChI is InChI=1S/C6H12NP/c1-6-2-4-7(8)5-3-6/h1-5,8H2. The van der Waals surface area contributed by atoms with Gasteiger partial charge in [-0.25, -0.2) is 0 Å². The van der Waals surface area contributed by atoms with Crippen LogP contribution in [-0.2, 0) is 0 Å². The maximum Gasteiger partial charge on any atom is 0.00535 e. The van der Waals surface area contributed by atoms with Crippen molar-refractivity contribution in [2.75, 3.05) is 13.1 Å².